The van der Waals surface area contributed by atoms with E-state index in [1.54, 1.807) is 48.5 Å². The van der Waals surface area contributed by atoms with Crippen LogP contribution < -0.4 is 118 Å². The number of rotatable bonds is 7. The smallest absolute Gasteiger partial charge is 0.744 e. The molecule has 6 aromatic rings. The van der Waals surface area contributed by atoms with Crippen molar-refractivity contribution < 1.29 is 180 Å². The molecule has 2 unspecified atom stereocenters. The van der Waals surface area contributed by atoms with Crippen LogP contribution in [0.4, 0.5) is 11.4 Å². The van der Waals surface area contributed by atoms with E-state index in [9.17, 15) is 62.1 Å². The molecule has 64 heavy (non-hydrogen) atoms. The number of fused-ring (bicyclic) bond motifs is 4. The first-order valence-electron chi connectivity index (χ1n) is 17.2. The monoisotopic (exact) mass is 976 g/mol. The van der Waals surface area contributed by atoms with Gasteiger partial charge in [-0.1, -0.05) is 48.5 Å². The first-order valence-corrected chi connectivity index (χ1v) is 22.9. The van der Waals surface area contributed by atoms with Crippen LogP contribution in [-0.4, -0.2) is 73.5 Å². The first kappa shape index (κ1) is 54.8. The minimum absolute atomic E-state index is 0. The van der Waals surface area contributed by atoms with Crippen LogP contribution in [0.15, 0.2) is 151 Å². The molecule has 8 rings (SSSR count). The van der Waals surface area contributed by atoms with Gasteiger partial charge in [-0.15, -0.1) is 0 Å². The van der Waals surface area contributed by atoms with Gasteiger partial charge in [0, 0.05) is 22.3 Å². The Hall–Kier alpha value is -1.78. The zero-order valence-corrected chi connectivity index (χ0v) is 45.3. The van der Waals surface area contributed by atoms with Crippen LogP contribution >= 0.6 is 0 Å². The summed E-state index contributed by atoms with van der Waals surface area (Å²) in [5.74, 6) is 0. The minimum atomic E-state index is -4.93. The molecule has 16 nitrogen and oxygen atoms in total. The van der Waals surface area contributed by atoms with Crippen molar-refractivity contribution in [1.82, 2.24) is 0 Å². The number of hydrogen-bond donors (Lipinski definition) is 2. The maximum absolute atomic E-state index is 11.9. The molecule has 0 amide bonds. The SMILES string of the molecule is O=S(=O)([O-])c1ccc2c(c1)C(=Nc1ccc(-c3ccc(N=C4c5cc(S(=O)(=O)[O-])ccc5C(O)c5cc(S(=O)(=O)[O-])ccc54)cc3)cc1)c1ccc(S(=O)(=O)[O-])cc1C2O.[Na+].[Na+].[Na+].[Na+]. The fraction of sp³-hybridized carbons (Fsp3) is 0.0500. The van der Waals surface area contributed by atoms with Crippen LogP contribution in [0.25, 0.3) is 11.1 Å². The van der Waals surface area contributed by atoms with E-state index in [-0.39, 0.29) is 174 Å². The van der Waals surface area contributed by atoms with Gasteiger partial charge in [0.05, 0.1) is 42.4 Å². The van der Waals surface area contributed by atoms with Crippen molar-refractivity contribution in [2.45, 2.75) is 31.8 Å². The molecule has 0 heterocycles. The van der Waals surface area contributed by atoms with Crippen molar-refractivity contribution in [3.63, 3.8) is 0 Å². The summed E-state index contributed by atoms with van der Waals surface area (Å²) < 4.78 is 142. The Morgan fingerprint density at radius 2 is 0.641 bits per heavy atom. The largest absolute Gasteiger partial charge is 1.00 e. The Kier molecular flexibility index (Phi) is 17.5. The van der Waals surface area contributed by atoms with Crippen LogP contribution in [0, 0.1) is 0 Å². The molecule has 0 fully saturated rings. The number of aliphatic imine (C=N–C) groups is 2. The zero-order chi connectivity index (χ0) is 43.1. The third kappa shape index (κ3) is 11.1. The van der Waals surface area contributed by atoms with Gasteiger partial charge in [-0.25, -0.2) is 43.7 Å². The summed E-state index contributed by atoms with van der Waals surface area (Å²) in [5, 5.41) is 22.3. The van der Waals surface area contributed by atoms with Crippen LogP contribution in [0.1, 0.15) is 56.7 Å². The summed E-state index contributed by atoms with van der Waals surface area (Å²) in [7, 11) is -19.7. The van der Waals surface area contributed by atoms with Crippen molar-refractivity contribution in [3.05, 3.63) is 166 Å². The molecule has 0 radical (unpaired) electrons. The Labute approximate surface area is 456 Å². The summed E-state index contributed by atoms with van der Waals surface area (Å²) >= 11 is 0. The molecule has 2 atom stereocenters. The van der Waals surface area contributed by atoms with Crippen molar-refractivity contribution in [2.24, 2.45) is 9.98 Å². The van der Waals surface area contributed by atoms with Crippen LogP contribution in [-0.2, 0) is 40.5 Å². The summed E-state index contributed by atoms with van der Waals surface area (Å²) in [6.45, 7) is 0. The number of aliphatic hydroxyl groups excluding tert-OH is 2. The molecule has 2 N–H and O–H groups in total. The third-order valence-corrected chi connectivity index (χ3v) is 13.3. The van der Waals surface area contributed by atoms with Gasteiger partial charge in [0.15, 0.2) is 0 Å². The number of aliphatic hydroxyl groups is 2. The predicted octanol–water partition coefficient (Wildman–Crippen LogP) is -7.89. The van der Waals surface area contributed by atoms with Gasteiger partial charge >= 0.3 is 118 Å². The van der Waals surface area contributed by atoms with Crippen LogP contribution in [0.5, 0.6) is 0 Å². The normalized spacial score (nSPS) is 16.7. The first-order chi connectivity index (χ1) is 28.1. The average molecular weight is 977 g/mol. The van der Waals surface area contributed by atoms with Crippen molar-refractivity contribution in [3.8, 4) is 11.1 Å². The molecule has 0 saturated heterocycles. The topological polar surface area (TPSA) is 294 Å². The number of nitrogens with zero attached hydrogens (tertiary/aromatic N) is 2. The van der Waals surface area contributed by atoms with E-state index in [1.165, 1.54) is 24.3 Å². The van der Waals surface area contributed by atoms with Crippen molar-refractivity contribution in [1.29, 1.82) is 0 Å². The van der Waals surface area contributed by atoms with Gasteiger partial charge in [-0.2, -0.15) is 0 Å². The molecule has 0 aliphatic heterocycles. The quantitative estimate of drug-likeness (QED) is 0.111. The molecule has 0 aromatic heterocycles. The van der Waals surface area contributed by atoms with E-state index in [0.717, 1.165) is 48.5 Å². The second kappa shape index (κ2) is 20.4. The minimum Gasteiger partial charge on any atom is -0.744 e. The molecular weight excluding hydrogens is 953 g/mol. The fourth-order valence-corrected chi connectivity index (χ4v) is 9.13. The maximum atomic E-state index is 11.9. The summed E-state index contributed by atoms with van der Waals surface area (Å²) in [4.78, 5) is 6.97. The van der Waals surface area contributed by atoms with Gasteiger partial charge < -0.3 is 28.4 Å². The Morgan fingerprint density at radius 3 is 0.938 bits per heavy atom. The zero-order valence-electron chi connectivity index (χ0n) is 34.0. The van der Waals surface area contributed by atoms with E-state index >= 15 is 0 Å². The van der Waals surface area contributed by atoms with Crippen LogP contribution in [0.2, 0.25) is 0 Å². The summed E-state index contributed by atoms with van der Waals surface area (Å²) in [5.41, 5.74) is 2.98. The van der Waals surface area contributed by atoms with Gasteiger partial charge in [0.25, 0.3) is 0 Å². The van der Waals surface area contributed by atoms with Gasteiger partial charge in [0.1, 0.15) is 52.7 Å². The van der Waals surface area contributed by atoms with E-state index in [1.807, 2.05) is 0 Å². The van der Waals surface area contributed by atoms with Crippen molar-refractivity contribution >= 4 is 63.3 Å². The van der Waals surface area contributed by atoms with Gasteiger partial charge in [-0.3, -0.25) is 0 Å². The summed E-state index contributed by atoms with van der Waals surface area (Å²) in [6.07, 6.45) is -2.99. The molecule has 0 saturated carbocycles. The standard InChI is InChI=1S/C40H28N2O14S4.4Na/c43-39-31-15-11-25(57(45,46)47)17-33(31)37(29-13-9-27(19-35(29)39)59(51,52)53)41-23-5-1-21(2-6-23)22-3-7-24(8-4-22)42-38-30-14-10-28(60(54,55)56)20-36(30)40(44)32-16-12-26(18-34(32)38)58(48,49)50;;;;/h1-20,39-40,43-44H,(H,45,46,47)(H,48,49,50)(H,51,52,53)(H,54,55,56);;;;/q;4*+1/p-4. The molecule has 6 aromatic carbocycles. The Morgan fingerprint density at radius 1 is 0.359 bits per heavy atom. The van der Waals surface area contributed by atoms with Crippen LogP contribution in [0.3, 0.4) is 0 Å². The molecule has 0 bridgehead atoms. The van der Waals surface area contributed by atoms with E-state index < -0.39 is 72.3 Å². The molecule has 2 aliphatic carbocycles. The number of hydrogen-bond acceptors (Lipinski definition) is 16. The van der Waals surface area contributed by atoms with Crippen molar-refractivity contribution in [2.75, 3.05) is 0 Å². The predicted molar refractivity (Wildman–Crippen MR) is 208 cm³/mol. The third-order valence-electron chi connectivity index (χ3n) is 10.00. The average Bonchev–Trinajstić information content (AvgIpc) is 3.19. The maximum Gasteiger partial charge on any atom is 1.00 e. The molecular formula is C40H24N2Na4O14S4. The Balaban J connectivity index is 0.00000224. The molecule has 0 spiro atoms. The second-order valence-corrected chi connectivity index (χ2v) is 19.2. The Bertz CT molecular complexity index is 3130. The van der Waals surface area contributed by atoms with Gasteiger partial charge in [0.2, 0.25) is 0 Å². The molecule has 306 valence electrons. The van der Waals surface area contributed by atoms with Gasteiger partial charge in [-0.05, 0) is 106 Å². The second-order valence-electron chi connectivity index (χ2n) is 13.6. The van der Waals surface area contributed by atoms with E-state index in [0.29, 0.717) is 22.5 Å². The summed E-state index contributed by atoms with van der Waals surface area (Å²) in [6, 6.07) is 26.4. The van der Waals surface area contributed by atoms with E-state index in [2.05, 4.69) is 9.98 Å². The molecule has 24 heteroatoms. The van der Waals surface area contributed by atoms with E-state index in [4.69, 9.17) is 0 Å². The fourth-order valence-electron chi connectivity index (χ4n) is 7.13. The number of benzene rings is 6. The molecule has 2 aliphatic rings.